The van der Waals surface area contributed by atoms with Crippen molar-refractivity contribution in [2.45, 2.75) is 14.7 Å². The molecule has 4 rings (SSSR count). The lowest BCUT2D eigenvalue weighted by Crippen LogP contribution is -2.22. The quantitative estimate of drug-likeness (QED) is 0.264. The number of carbonyl (C=O) groups is 1. The van der Waals surface area contributed by atoms with Crippen molar-refractivity contribution in [2.24, 2.45) is 0 Å². The first-order valence-corrected chi connectivity index (χ1v) is 12.5. The van der Waals surface area contributed by atoms with Gasteiger partial charge in [-0.05, 0) is 48.5 Å². The van der Waals surface area contributed by atoms with Gasteiger partial charge in [0.05, 0.1) is 4.24 Å². The molecule has 4 aromatic carbocycles. The van der Waals surface area contributed by atoms with Crippen LogP contribution in [-0.2, 0) is 0 Å². The van der Waals surface area contributed by atoms with Crippen LogP contribution in [-0.4, -0.2) is 5.91 Å². The van der Waals surface area contributed by atoms with Crippen molar-refractivity contribution in [1.29, 1.82) is 0 Å². The summed E-state index contributed by atoms with van der Waals surface area (Å²) in [6.45, 7) is 0. The molecule has 5 heteroatoms. The zero-order valence-electron chi connectivity index (χ0n) is 17.2. The van der Waals surface area contributed by atoms with Gasteiger partial charge in [0.15, 0.2) is 0 Å². The van der Waals surface area contributed by atoms with Crippen molar-refractivity contribution in [3.8, 4) is 0 Å². The fraction of sp³-hybridized carbons (Fsp3) is 0. The molecule has 0 radical (unpaired) electrons. The number of amides is 1. The van der Waals surface area contributed by atoms with Crippen LogP contribution in [0.4, 0.5) is 0 Å². The van der Waals surface area contributed by atoms with Crippen molar-refractivity contribution in [2.75, 3.05) is 0 Å². The number of rotatable bonds is 8. The van der Waals surface area contributed by atoms with E-state index in [0.29, 0.717) is 5.56 Å². The molecule has 0 aliphatic heterocycles. The molecule has 0 saturated carbocycles. The van der Waals surface area contributed by atoms with E-state index in [0.717, 1.165) is 24.0 Å². The summed E-state index contributed by atoms with van der Waals surface area (Å²) in [4.78, 5) is 16.4. The van der Waals surface area contributed by atoms with Gasteiger partial charge in [-0.2, -0.15) is 0 Å². The molecule has 0 atom stereocenters. The summed E-state index contributed by atoms with van der Waals surface area (Å²) in [5.41, 5.74) is 0.632. The van der Waals surface area contributed by atoms with Gasteiger partial charge in [-0.1, -0.05) is 108 Å². The molecule has 0 aliphatic carbocycles. The molecule has 1 amide bonds. The van der Waals surface area contributed by atoms with Gasteiger partial charge in [0.2, 0.25) is 0 Å². The van der Waals surface area contributed by atoms with E-state index in [4.69, 9.17) is 0 Å². The highest BCUT2D eigenvalue weighted by atomic mass is 32.2. The Balaban J connectivity index is 1.74. The lowest BCUT2D eigenvalue weighted by molar-refractivity contribution is 0.0969. The second-order valence-corrected chi connectivity index (χ2v) is 10.2. The summed E-state index contributed by atoms with van der Waals surface area (Å²) < 4.78 is 1.01. The molecular weight excluding hydrogens is 451 g/mol. The van der Waals surface area contributed by atoms with Crippen LogP contribution in [0.15, 0.2) is 145 Å². The Morgan fingerprint density at radius 1 is 0.500 bits per heavy atom. The van der Waals surface area contributed by atoms with Gasteiger partial charge in [-0.15, -0.1) is 0 Å². The smallest absolute Gasteiger partial charge is 0.256 e. The van der Waals surface area contributed by atoms with E-state index in [-0.39, 0.29) is 5.91 Å². The van der Waals surface area contributed by atoms with Crippen molar-refractivity contribution in [1.82, 2.24) is 5.32 Å². The van der Waals surface area contributed by atoms with E-state index in [1.54, 1.807) is 35.3 Å². The van der Waals surface area contributed by atoms with Crippen LogP contribution >= 0.6 is 35.3 Å². The second-order valence-electron chi connectivity index (χ2n) is 6.68. The Labute approximate surface area is 201 Å². The molecule has 32 heavy (non-hydrogen) atoms. The van der Waals surface area contributed by atoms with Crippen LogP contribution in [0.1, 0.15) is 10.4 Å². The van der Waals surface area contributed by atoms with Gasteiger partial charge in [0.1, 0.15) is 5.03 Å². The van der Waals surface area contributed by atoms with E-state index in [2.05, 4.69) is 41.7 Å². The van der Waals surface area contributed by atoms with E-state index in [9.17, 15) is 4.79 Å². The molecule has 0 saturated heterocycles. The van der Waals surface area contributed by atoms with Crippen LogP contribution in [0.25, 0.3) is 0 Å². The van der Waals surface area contributed by atoms with Crippen LogP contribution < -0.4 is 5.32 Å². The summed E-state index contributed by atoms with van der Waals surface area (Å²) in [5, 5.41) is 4.00. The Morgan fingerprint density at radius 3 is 1.31 bits per heavy atom. The molecule has 4 aromatic rings. The van der Waals surface area contributed by atoms with Gasteiger partial charge in [0.25, 0.3) is 5.91 Å². The molecular formula is C27H21NOS3. The predicted molar refractivity (Wildman–Crippen MR) is 138 cm³/mol. The summed E-state index contributed by atoms with van der Waals surface area (Å²) in [5.74, 6) is -0.121. The minimum absolute atomic E-state index is 0.121. The summed E-state index contributed by atoms with van der Waals surface area (Å²) in [7, 11) is 0. The topological polar surface area (TPSA) is 29.1 Å². The third kappa shape index (κ3) is 6.57. The van der Waals surface area contributed by atoms with Gasteiger partial charge >= 0.3 is 0 Å². The minimum Gasteiger partial charge on any atom is -0.315 e. The normalized spacial score (nSPS) is 10.4. The largest absolute Gasteiger partial charge is 0.315 e. The van der Waals surface area contributed by atoms with Crippen LogP contribution in [0, 0.1) is 0 Å². The van der Waals surface area contributed by atoms with Crippen LogP contribution in [0.3, 0.4) is 0 Å². The second kappa shape index (κ2) is 11.7. The number of benzene rings is 4. The van der Waals surface area contributed by atoms with Crippen molar-refractivity contribution >= 4 is 41.2 Å². The van der Waals surface area contributed by atoms with Gasteiger partial charge < -0.3 is 5.32 Å². The van der Waals surface area contributed by atoms with Gasteiger partial charge in [-0.25, -0.2) is 0 Å². The molecule has 0 heterocycles. The third-order valence-electron chi connectivity index (χ3n) is 4.32. The summed E-state index contributed by atoms with van der Waals surface area (Å²) >= 11 is 4.87. The average Bonchev–Trinajstić information content (AvgIpc) is 2.86. The minimum atomic E-state index is -0.121. The highest BCUT2D eigenvalue weighted by molar-refractivity contribution is 8.23. The Hall–Kier alpha value is -2.86. The SMILES string of the molecule is O=C(NC(Sc1ccccc1)=C(Sc1ccccc1)Sc1ccccc1)c1ccccc1. The monoisotopic (exact) mass is 471 g/mol. The first kappa shape index (κ1) is 22.3. The highest BCUT2D eigenvalue weighted by Crippen LogP contribution is 2.44. The molecule has 0 bridgehead atoms. The maximum Gasteiger partial charge on any atom is 0.256 e. The molecule has 158 valence electrons. The average molecular weight is 472 g/mol. The first-order valence-electron chi connectivity index (χ1n) is 10.1. The standard InChI is InChI=1S/C27H21NOS3/c29-25(21-13-5-1-6-14-21)28-26(30-22-15-7-2-8-16-22)27(31-23-17-9-3-10-18-23)32-24-19-11-4-12-20-24/h1-20H,(H,28,29). The third-order valence-corrected chi connectivity index (χ3v) is 7.89. The molecule has 0 spiro atoms. The van der Waals surface area contributed by atoms with E-state index in [1.807, 2.05) is 84.9 Å². The van der Waals surface area contributed by atoms with E-state index in [1.165, 1.54) is 0 Å². The summed E-state index contributed by atoms with van der Waals surface area (Å²) in [6, 6.07) is 39.9. The lowest BCUT2D eigenvalue weighted by Gasteiger charge is -2.16. The number of nitrogens with one attached hydrogen (secondary N) is 1. The van der Waals surface area contributed by atoms with Gasteiger partial charge in [0, 0.05) is 20.2 Å². The molecule has 2 nitrogen and oxygen atoms in total. The van der Waals surface area contributed by atoms with Crippen molar-refractivity contribution in [3.63, 3.8) is 0 Å². The molecule has 0 unspecified atom stereocenters. The lowest BCUT2D eigenvalue weighted by atomic mass is 10.2. The van der Waals surface area contributed by atoms with Crippen LogP contribution in [0.5, 0.6) is 0 Å². The predicted octanol–water partition coefficient (Wildman–Crippen LogP) is 7.92. The molecule has 0 aliphatic rings. The number of carbonyl (C=O) groups excluding carboxylic acids is 1. The molecule has 0 fully saturated rings. The Bertz CT molecular complexity index is 1120. The fourth-order valence-electron chi connectivity index (χ4n) is 2.79. The number of hydrogen-bond donors (Lipinski definition) is 1. The van der Waals surface area contributed by atoms with Gasteiger partial charge in [-0.3, -0.25) is 4.79 Å². The number of thioether (sulfide) groups is 3. The number of hydrogen-bond acceptors (Lipinski definition) is 4. The zero-order chi connectivity index (χ0) is 22.0. The highest BCUT2D eigenvalue weighted by Gasteiger charge is 2.17. The summed E-state index contributed by atoms with van der Waals surface area (Å²) in [6.07, 6.45) is 0. The van der Waals surface area contributed by atoms with E-state index < -0.39 is 0 Å². The first-order chi connectivity index (χ1) is 15.8. The Morgan fingerprint density at radius 2 is 0.875 bits per heavy atom. The van der Waals surface area contributed by atoms with E-state index >= 15 is 0 Å². The Kier molecular flexibility index (Phi) is 8.15. The fourth-order valence-corrected chi connectivity index (χ4v) is 6.10. The molecule has 1 N–H and O–H groups in total. The molecule has 0 aromatic heterocycles. The maximum absolute atomic E-state index is 13.1. The van der Waals surface area contributed by atoms with Crippen molar-refractivity contribution in [3.05, 3.63) is 136 Å². The maximum atomic E-state index is 13.1. The zero-order valence-corrected chi connectivity index (χ0v) is 19.6. The van der Waals surface area contributed by atoms with Crippen LogP contribution in [0.2, 0.25) is 0 Å². The van der Waals surface area contributed by atoms with Crippen molar-refractivity contribution < 1.29 is 4.79 Å².